The summed E-state index contributed by atoms with van der Waals surface area (Å²) < 4.78 is 0. The van der Waals surface area contributed by atoms with Crippen LogP contribution in [0.3, 0.4) is 0 Å². The van der Waals surface area contributed by atoms with Crippen molar-refractivity contribution in [2.75, 3.05) is 18.9 Å². The largest absolute Gasteiger partial charge is 0.399 e. The number of hydrogen-bond acceptors (Lipinski definition) is 3. The van der Waals surface area contributed by atoms with Crippen LogP contribution in [0.25, 0.3) is 0 Å². The Morgan fingerprint density at radius 2 is 2.18 bits per heavy atom. The van der Waals surface area contributed by atoms with Gasteiger partial charge in [0.15, 0.2) is 0 Å². The minimum absolute atomic E-state index is 0.0130. The second-order valence-corrected chi connectivity index (χ2v) is 4.33. The molecule has 1 amide bonds. The van der Waals surface area contributed by atoms with Crippen molar-refractivity contribution in [1.29, 1.82) is 0 Å². The summed E-state index contributed by atoms with van der Waals surface area (Å²) in [5.74, 6) is 0.0136. The van der Waals surface area contributed by atoms with Gasteiger partial charge in [0.25, 0.3) is 0 Å². The monoisotopic (exact) mass is 236 g/mol. The van der Waals surface area contributed by atoms with Crippen molar-refractivity contribution in [3.63, 3.8) is 0 Å². The van der Waals surface area contributed by atoms with Gasteiger partial charge in [-0.1, -0.05) is 12.1 Å². The van der Waals surface area contributed by atoms with Crippen LogP contribution in [-0.4, -0.2) is 35.1 Å². The van der Waals surface area contributed by atoms with E-state index in [-0.39, 0.29) is 18.6 Å². The molecule has 0 heterocycles. The Morgan fingerprint density at radius 1 is 1.47 bits per heavy atom. The lowest BCUT2D eigenvalue weighted by Crippen LogP contribution is -2.39. The van der Waals surface area contributed by atoms with Gasteiger partial charge >= 0.3 is 0 Å². The van der Waals surface area contributed by atoms with Gasteiger partial charge in [0, 0.05) is 18.3 Å². The molecule has 0 spiro atoms. The first-order valence-corrected chi connectivity index (χ1v) is 5.79. The maximum Gasteiger partial charge on any atom is 0.227 e. The Balaban J connectivity index is 2.69. The van der Waals surface area contributed by atoms with Crippen molar-refractivity contribution in [3.05, 3.63) is 29.8 Å². The van der Waals surface area contributed by atoms with Gasteiger partial charge in [-0.2, -0.15) is 0 Å². The first-order valence-electron chi connectivity index (χ1n) is 5.79. The fourth-order valence-electron chi connectivity index (χ4n) is 1.76. The van der Waals surface area contributed by atoms with Gasteiger partial charge < -0.3 is 15.7 Å². The van der Waals surface area contributed by atoms with Crippen LogP contribution in [0.2, 0.25) is 0 Å². The summed E-state index contributed by atoms with van der Waals surface area (Å²) in [6.45, 7) is 4.24. The standard InChI is InChI=1S/C13H20N2O2/c1-10(2)15(6-7-16)13(17)9-11-4-3-5-12(14)8-11/h3-5,8,10,16H,6-7,9,14H2,1-2H3. The van der Waals surface area contributed by atoms with Crippen LogP contribution in [0.1, 0.15) is 19.4 Å². The Hall–Kier alpha value is -1.55. The number of anilines is 1. The minimum atomic E-state index is -0.0130. The van der Waals surface area contributed by atoms with E-state index in [1.165, 1.54) is 0 Å². The molecule has 0 fully saturated rings. The number of carbonyl (C=O) groups is 1. The van der Waals surface area contributed by atoms with E-state index < -0.39 is 0 Å². The van der Waals surface area contributed by atoms with E-state index in [0.29, 0.717) is 18.7 Å². The summed E-state index contributed by atoms with van der Waals surface area (Å²) >= 11 is 0. The summed E-state index contributed by atoms with van der Waals surface area (Å²) in [6, 6.07) is 7.41. The predicted molar refractivity (Wildman–Crippen MR) is 68.5 cm³/mol. The number of hydrogen-bond donors (Lipinski definition) is 2. The van der Waals surface area contributed by atoms with Crippen molar-refractivity contribution in [1.82, 2.24) is 4.90 Å². The molecule has 17 heavy (non-hydrogen) atoms. The molecule has 4 nitrogen and oxygen atoms in total. The molecule has 94 valence electrons. The van der Waals surface area contributed by atoms with Gasteiger partial charge in [-0.3, -0.25) is 4.79 Å². The van der Waals surface area contributed by atoms with Crippen LogP contribution in [0.4, 0.5) is 5.69 Å². The zero-order valence-corrected chi connectivity index (χ0v) is 10.4. The molecule has 0 aliphatic carbocycles. The van der Waals surface area contributed by atoms with Crippen LogP contribution in [0.15, 0.2) is 24.3 Å². The summed E-state index contributed by atoms with van der Waals surface area (Å²) in [5, 5.41) is 8.93. The second-order valence-electron chi connectivity index (χ2n) is 4.33. The average molecular weight is 236 g/mol. The zero-order chi connectivity index (χ0) is 12.8. The maximum atomic E-state index is 12.0. The van der Waals surface area contributed by atoms with Gasteiger partial charge in [-0.05, 0) is 31.5 Å². The van der Waals surface area contributed by atoms with E-state index >= 15 is 0 Å². The molecule has 1 aromatic carbocycles. The number of nitrogen functional groups attached to an aromatic ring is 1. The Morgan fingerprint density at radius 3 is 2.71 bits per heavy atom. The zero-order valence-electron chi connectivity index (χ0n) is 10.4. The topological polar surface area (TPSA) is 66.6 Å². The van der Waals surface area contributed by atoms with Crippen LogP contribution < -0.4 is 5.73 Å². The molecule has 0 unspecified atom stereocenters. The second kappa shape index (κ2) is 6.25. The molecule has 0 saturated heterocycles. The molecule has 0 aliphatic rings. The third-order valence-electron chi connectivity index (χ3n) is 2.59. The van der Waals surface area contributed by atoms with E-state index in [9.17, 15) is 4.79 Å². The lowest BCUT2D eigenvalue weighted by Gasteiger charge is -2.26. The van der Waals surface area contributed by atoms with Crippen molar-refractivity contribution in [2.45, 2.75) is 26.3 Å². The molecule has 3 N–H and O–H groups in total. The van der Waals surface area contributed by atoms with Crippen LogP contribution in [0, 0.1) is 0 Å². The quantitative estimate of drug-likeness (QED) is 0.751. The van der Waals surface area contributed by atoms with Gasteiger partial charge in [0.05, 0.1) is 13.0 Å². The van der Waals surface area contributed by atoms with Gasteiger partial charge in [-0.25, -0.2) is 0 Å². The van der Waals surface area contributed by atoms with Crippen molar-refractivity contribution >= 4 is 11.6 Å². The Bertz CT molecular complexity index is 377. The number of nitrogens with zero attached hydrogens (tertiary/aromatic N) is 1. The number of rotatable bonds is 5. The normalized spacial score (nSPS) is 10.6. The lowest BCUT2D eigenvalue weighted by molar-refractivity contribution is -0.132. The SMILES string of the molecule is CC(C)N(CCO)C(=O)Cc1cccc(N)c1. The first kappa shape index (κ1) is 13.5. The van der Waals surface area contributed by atoms with Gasteiger partial charge in [0.2, 0.25) is 5.91 Å². The van der Waals surface area contributed by atoms with Gasteiger partial charge in [0.1, 0.15) is 0 Å². The number of benzene rings is 1. The average Bonchev–Trinajstić information content (AvgIpc) is 2.25. The molecule has 0 atom stereocenters. The number of aliphatic hydroxyl groups excluding tert-OH is 1. The Labute approximate surface area is 102 Å². The molecule has 0 aliphatic heterocycles. The summed E-state index contributed by atoms with van der Waals surface area (Å²) in [5.41, 5.74) is 7.23. The fourth-order valence-corrected chi connectivity index (χ4v) is 1.76. The highest BCUT2D eigenvalue weighted by molar-refractivity contribution is 5.79. The molecular formula is C13H20N2O2. The highest BCUT2D eigenvalue weighted by Gasteiger charge is 2.16. The van der Waals surface area contributed by atoms with E-state index in [4.69, 9.17) is 10.8 Å². The van der Waals surface area contributed by atoms with E-state index in [0.717, 1.165) is 5.56 Å². The van der Waals surface area contributed by atoms with Crippen LogP contribution in [-0.2, 0) is 11.2 Å². The third-order valence-corrected chi connectivity index (χ3v) is 2.59. The first-order chi connectivity index (χ1) is 8.04. The molecule has 4 heteroatoms. The Kier molecular flexibility index (Phi) is 4.97. The maximum absolute atomic E-state index is 12.0. The smallest absolute Gasteiger partial charge is 0.227 e. The highest BCUT2D eigenvalue weighted by atomic mass is 16.3. The molecule has 1 rings (SSSR count). The third kappa shape index (κ3) is 4.07. The van der Waals surface area contributed by atoms with Crippen molar-refractivity contribution in [3.8, 4) is 0 Å². The van der Waals surface area contributed by atoms with E-state index in [2.05, 4.69) is 0 Å². The minimum Gasteiger partial charge on any atom is -0.399 e. The van der Waals surface area contributed by atoms with E-state index in [1.807, 2.05) is 26.0 Å². The summed E-state index contributed by atoms with van der Waals surface area (Å²) in [7, 11) is 0. The lowest BCUT2D eigenvalue weighted by atomic mass is 10.1. The molecule has 0 aromatic heterocycles. The number of nitrogens with two attached hydrogens (primary N) is 1. The van der Waals surface area contributed by atoms with Gasteiger partial charge in [-0.15, -0.1) is 0 Å². The van der Waals surface area contributed by atoms with Crippen molar-refractivity contribution in [2.24, 2.45) is 0 Å². The van der Waals surface area contributed by atoms with E-state index in [1.54, 1.807) is 17.0 Å². The number of carbonyl (C=O) groups excluding carboxylic acids is 1. The predicted octanol–water partition coefficient (Wildman–Crippen LogP) is 1.04. The molecule has 1 aromatic rings. The van der Waals surface area contributed by atoms with Crippen molar-refractivity contribution < 1.29 is 9.90 Å². The summed E-state index contributed by atoms with van der Waals surface area (Å²) in [6.07, 6.45) is 0.323. The molecule has 0 radical (unpaired) electrons. The molecule has 0 saturated carbocycles. The summed E-state index contributed by atoms with van der Waals surface area (Å²) in [4.78, 5) is 13.7. The number of amides is 1. The fraction of sp³-hybridized carbons (Fsp3) is 0.462. The number of aliphatic hydroxyl groups is 1. The van der Waals surface area contributed by atoms with Crippen LogP contribution >= 0.6 is 0 Å². The highest BCUT2D eigenvalue weighted by Crippen LogP contribution is 2.10. The molecular weight excluding hydrogens is 216 g/mol. The van der Waals surface area contributed by atoms with Crippen LogP contribution in [0.5, 0.6) is 0 Å². The molecule has 0 bridgehead atoms.